The molecule has 0 unspecified atom stereocenters. The quantitative estimate of drug-likeness (QED) is 0.785. The predicted molar refractivity (Wildman–Crippen MR) is 68.4 cm³/mol. The highest BCUT2D eigenvalue weighted by Crippen LogP contribution is 2.39. The molecule has 0 fully saturated rings. The van der Waals surface area contributed by atoms with Crippen LogP contribution in [0.15, 0.2) is 41.3 Å². The highest BCUT2D eigenvalue weighted by atomic mass is 32.2. The fourth-order valence-electron chi connectivity index (χ4n) is 2.23. The number of thioether (sulfide) groups is 1. The molecule has 1 nitrogen and oxygen atoms in total. The molecule has 1 atom stereocenters. The third-order valence-electron chi connectivity index (χ3n) is 3.19. The molecule has 2 aromatic carbocycles. The standard InChI is InChI=1S/C14H11F2NS/c15-11-6-5-8-10(13(11)16)7-18-12-4-2-1-3-9(12)14(8)17/h1-6,14H,7,17H2/t14-/m1/s1. The Morgan fingerprint density at radius 1 is 1.06 bits per heavy atom. The molecule has 1 heterocycles. The van der Waals surface area contributed by atoms with Gasteiger partial charge < -0.3 is 5.73 Å². The van der Waals surface area contributed by atoms with E-state index in [0.717, 1.165) is 16.5 Å². The fourth-order valence-corrected chi connectivity index (χ4v) is 3.36. The Morgan fingerprint density at radius 3 is 2.67 bits per heavy atom. The van der Waals surface area contributed by atoms with Crippen molar-refractivity contribution in [3.05, 3.63) is 64.7 Å². The fraction of sp³-hybridized carbons (Fsp3) is 0.143. The SMILES string of the molecule is N[C@H]1c2ccccc2SCc2c1ccc(F)c2F. The topological polar surface area (TPSA) is 26.0 Å². The molecule has 92 valence electrons. The van der Waals surface area contributed by atoms with Crippen LogP contribution in [-0.2, 0) is 5.75 Å². The maximum Gasteiger partial charge on any atom is 0.163 e. The lowest BCUT2D eigenvalue weighted by Crippen LogP contribution is -2.14. The van der Waals surface area contributed by atoms with Crippen molar-refractivity contribution in [1.82, 2.24) is 0 Å². The average Bonchev–Trinajstić information content (AvgIpc) is 2.53. The monoisotopic (exact) mass is 263 g/mol. The first-order valence-electron chi connectivity index (χ1n) is 5.62. The van der Waals surface area contributed by atoms with E-state index in [1.165, 1.54) is 11.8 Å². The number of hydrogen-bond donors (Lipinski definition) is 1. The zero-order valence-electron chi connectivity index (χ0n) is 9.49. The Morgan fingerprint density at radius 2 is 1.83 bits per heavy atom. The maximum absolute atomic E-state index is 13.8. The van der Waals surface area contributed by atoms with Crippen LogP contribution in [0.25, 0.3) is 0 Å². The smallest absolute Gasteiger partial charge is 0.163 e. The second kappa shape index (κ2) is 4.37. The summed E-state index contributed by atoms with van der Waals surface area (Å²) < 4.78 is 27.1. The Hall–Kier alpha value is -1.39. The van der Waals surface area contributed by atoms with Gasteiger partial charge in [0.25, 0.3) is 0 Å². The average molecular weight is 263 g/mol. The lowest BCUT2D eigenvalue weighted by Gasteiger charge is -2.15. The summed E-state index contributed by atoms with van der Waals surface area (Å²) >= 11 is 1.49. The molecule has 0 amide bonds. The Kier molecular flexibility index (Phi) is 2.84. The molecule has 0 bridgehead atoms. The van der Waals surface area contributed by atoms with E-state index < -0.39 is 17.7 Å². The molecule has 18 heavy (non-hydrogen) atoms. The Bertz CT molecular complexity index is 613. The molecule has 4 heteroatoms. The zero-order chi connectivity index (χ0) is 12.7. The van der Waals surface area contributed by atoms with Crippen molar-refractivity contribution < 1.29 is 8.78 Å². The molecular weight excluding hydrogens is 252 g/mol. The molecule has 0 aliphatic carbocycles. The molecule has 0 saturated carbocycles. The van der Waals surface area contributed by atoms with Crippen molar-refractivity contribution in [3.8, 4) is 0 Å². The molecule has 3 rings (SSSR count). The minimum Gasteiger partial charge on any atom is -0.320 e. The first kappa shape index (κ1) is 11.7. The van der Waals surface area contributed by atoms with E-state index in [9.17, 15) is 8.78 Å². The van der Waals surface area contributed by atoms with Gasteiger partial charge in [0.2, 0.25) is 0 Å². The third-order valence-corrected chi connectivity index (χ3v) is 4.31. The van der Waals surface area contributed by atoms with Gasteiger partial charge in [-0.05, 0) is 23.3 Å². The summed E-state index contributed by atoms with van der Waals surface area (Å²) in [4.78, 5) is 1.03. The van der Waals surface area contributed by atoms with Crippen LogP contribution < -0.4 is 5.73 Å². The first-order chi connectivity index (χ1) is 8.68. The summed E-state index contributed by atoms with van der Waals surface area (Å²) in [5, 5.41) is 0. The minimum atomic E-state index is -0.812. The molecule has 0 radical (unpaired) electrons. The zero-order valence-corrected chi connectivity index (χ0v) is 10.3. The summed E-state index contributed by atoms with van der Waals surface area (Å²) in [7, 11) is 0. The van der Waals surface area contributed by atoms with Crippen molar-refractivity contribution >= 4 is 11.8 Å². The van der Waals surface area contributed by atoms with E-state index >= 15 is 0 Å². The van der Waals surface area contributed by atoms with Crippen LogP contribution in [-0.4, -0.2) is 0 Å². The Balaban J connectivity index is 2.21. The van der Waals surface area contributed by atoms with Gasteiger partial charge in [-0.1, -0.05) is 24.3 Å². The predicted octanol–water partition coefficient (Wildman–Crippen LogP) is 3.62. The van der Waals surface area contributed by atoms with Gasteiger partial charge in [0.05, 0.1) is 6.04 Å². The lowest BCUT2D eigenvalue weighted by molar-refractivity contribution is 0.499. The number of hydrogen-bond acceptors (Lipinski definition) is 2. The largest absolute Gasteiger partial charge is 0.320 e. The molecule has 0 aromatic heterocycles. The van der Waals surface area contributed by atoms with E-state index in [0.29, 0.717) is 16.9 Å². The van der Waals surface area contributed by atoms with Crippen LogP contribution >= 0.6 is 11.8 Å². The van der Waals surface area contributed by atoms with Gasteiger partial charge in [-0.25, -0.2) is 8.78 Å². The van der Waals surface area contributed by atoms with Gasteiger partial charge in [-0.2, -0.15) is 0 Å². The van der Waals surface area contributed by atoms with Gasteiger partial charge in [-0.15, -0.1) is 11.8 Å². The molecule has 2 aromatic rings. The van der Waals surface area contributed by atoms with Crippen LogP contribution in [0, 0.1) is 11.6 Å². The summed E-state index contributed by atoms with van der Waals surface area (Å²) in [6.45, 7) is 0. The number of rotatable bonds is 0. The van der Waals surface area contributed by atoms with E-state index in [1.807, 2.05) is 24.3 Å². The number of benzene rings is 2. The number of nitrogens with two attached hydrogens (primary N) is 1. The van der Waals surface area contributed by atoms with E-state index in [2.05, 4.69) is 0 Å². The minimum absolute atomic E-state index is 0.378. The summed E-state index contributed by atoms with van der Waals surface area (Å²) in [5.41, 5.74) is 8.19. The maximum atomic E-state index is 13.8. The molecule has 1 aliphatic heterocycles. The second-order valence-corrected chi connectivity index (χ2v) is 5.25. The van der Waals surface area contributed by atoms with E-state index in [4.69, 9.17) is 5.73 Å². The molecular formula is C14H11F2NS. The van der Waals surface area contributed by atoms with Gasteiger partial charge in [-0.3, -0.25) is 0 Å². The van der Waals surface area contributed by atoms with E-state index in [-0.39, 0.29) is 0 Å². The summed E-state index contributed by atoms with van der Waals surface area (Å²) in [6.07, 6.45) is 0. The molecule has 1 aliphatic rings. The van der Waals surface area contributed by atoms with Crippen LogP contribution in [0.1, 0.15) is 22.7 Å². The molecule has 2 N–H and O–H groups in total. The van der Waals surface area contributed by atoms with Crippen molar-refractivity contribution in [1.29, 1.82) is 0 Å². The Labute approximate surface area is 108 Å². The lowest BCUT2D eigenvalue weighted by atomic mass is 9.95. The second-order valence-electron chi connectivity index (χ2n) is 4.23. The van der Waals surface area contributed by atoms with Gasteiger partial charge in [0.1, 0.15) is 0 Å². The normalized spacial score (nSPS) is 17.8. The van der Waals surface area contributed by atoms with E-state index in [1.54, 1.807) is 6.07 Å². The van der Waals surface area contributed by atoms with Crippen LogP contribution in [0.5, 0.6) is 0 Å². The highest BCUT2D eigenvalue weighted by Gasteiger charge is 2.24. The van der Waals surface area contributed by atoms with Crippen LogP contribution in [0.2, 0.25) is 0 Å². The van der Waals surface area contributed by atoms with Crippen molar-refractivity contribution in [2.75, 3.05) is 0 Å². The first-order valence-corrected chi connectivity index (χ1v) is 6.61. The van der Waals surface area contributed by atoms with Crippen molar-refractivity contribution in [2.45, 2.75) is 16.7 Å². The third kappa shape index (κ3) is 1.72. The van der Waals surface area contributed by atoms with Gasteiger partial charge in [0.15, 0.2) is 11.6 Å². The van der Waals surface area contributed by atoms with Crippen molar-refractivity contribution in [2.24, 2.45) is 5.73 Å². The summed E-state index contributed by atoms with van der Waals surface area (Å²) in [5.74, 6) is -1.18. The summed E-state index contributed by atoms with van der Waals surface area (Å²) in [6, 6.07) is 10.0. The van der Waals surface area contributed by atoms with Gasteiger partial charge >= 0.3 is 0 Å². The molecule has 0 spiro atoms. The van der Waals surface area contributed by atoms with Crippen LogP contribution in [0.3, 0.4) is 0 Å². The van der Waals surface area contributed by atoms with Crippen molar-refractivity contribution in [3.63, 3.8) is 0 Å². The number of fused-ring (bicyclic) bond motifs is 2. The van der Waals surface area contributed by atoms with Gasteiger partial charge in [0, 0.05) is 16.2 Å². The highest BCUT2D eigenvalue weighted by molar-refractivity contribution is 7.98. The number of halogens is 2. The van der Waals surface area contributed by atoms with Crippen LogP contribution in [0.4, 0.5) is 8.78 Å². The molecule has 0 saturated heterocycles.